The predicted molar refractivity (Wildman–Crippen MR) is 95.2 cm³/mol. The van der Waals surface area contributed by atoms with E-state index in [2.05, 4.69) is 15.9 Å². The van der Waals surface area contributed by atoms with Gasteiger partial charge < -0.3 is 9.64 Å². The Labute approximate surface area is 153 Å². The van der Waals surface area contributed by atoms with Crippen molar-refractivity contribution in [3.05, 3.63) is 68.1 Å². The monoisotopic (exact) mass is 413 g/mol. The lowest BCUT2D eigenvalue weighted by Gasteiger charge is -2.33. The molecule has 6 heteroatoms. The first-order valence-electron chi connectivity index (χ1n) is 7.16. The van der Waals surface area contributed by atoms with Crippen molar-refractivity contribution >= 4 is 45.0 Å². The van der Waals surface area contributed by atoms with Crippen LogP contribution in [-0.4, -0.2) is 30.5 Å². The maximum absolute atomic E-state index is 12.7. The fraction of sp³-hybridized carbons (Fsp3) is 0.235. The number of carbonyl (C=O) groups excluding carboxylic acids is 1. The fourth-order valence-corrected chi connectivity index (χ4v) is 3.60. The summed E-state index contributed by atoms with van der Waals surface area (Å²) in [5.41, 5.74) is 1.53. The van der Waals surface area contributed by atoms with Crippen LogP contribution in [0.5, 0.6) is 0 Å². The van der Waals surface area contributed by atoms with Gasteiger partial charge in [0.25, 0.3) is 5.91 Å². The highest BCUT2D eigenvalue weighted by Crippen LogP contribution is 2.29. The molecule has 1 amide bonds. The molecule has 2 aromatic carbocycles. The molecule has 1 heterocycles. The van der Waals surface area contributed by atoms with Crippen molar-refractivity contribution in [3.63, 3.8) is 0 Å². The van der Waals surface area contributed by atoms with Gasteiger partial charge in [-0.15, -0.1) is 0 Å². The quantitative estimate of drug-likeness (QED) is 0.694. The summed E-state index contributed by atoms with van der Waals surface area (Å²) in [5.74, 6) is -0.0149. The van der Waals surface area contributed by atoms with E-state index >= 15 is 0 Å². The summed E-state index contributed by atoms with van der Waals surface area (Å²) < 4.78 is 6.59. The molecule has 1 atom stereocenters. The number of nitrogens with zero attached hydrogens (tertiary/aromatic N) is 1. The van der Waals surface area contributed by atoms with Crippen LogP contribution >= 0.6 is 39.1 Å². The molecule has 0 spiro atoms. The van der Waals surface area contributed by atoms with Crippen molar-refractivity contribution in [1.29, 1.82) is 0 Å². The van der Waals surface area contributed by atoms with Gasteiger partial charge in [0.1, 0.15) is 6.10 Å². The van der Waals surface area contributed by atoms with E-state index in [4.69, 9.17) is 27.9 Å². The largest absolute Gasteiger partial charge is 0.370 e. The maximum Gasteiger partial charge on any atom is 0.255 e. The number of morpholine rings is 1. The molecule has 0 bridgehead atoms. The van der Waals surface area contributed by atoms with Crippen molar-refractivity contribution in [3.8, 4) is 0 Å². The second-order valence-electron chi connectivity index (χ2n) is 5.29. The number of halogens is 3. The molecule has 23 heavy (non-hydrogen) atoms. The van der Waals surface area contributed by atoms with E-state index in [-0.39, 0.29) is 12.0 Å². The summed E-state index contributed by atoms with van der Waals surface area (Å²) in [4.78, 5) is 14.5. The Morgan fingerprint density at radius 1 is 1.17 bits per heavy atom. The SMILES string of the molecule is O=C(c1ccccc1Br)N1CCOC(c2cc(Cl)cc(Cl)c2)C1. The van der Waals surface area contributed by atoms with E-state index in [0.29, 0.717) is 35.3 Å². The van der Waals surface area contributed by atoms with Crippen molar-refractivity contribution in [1.82, 2.24) is 4.90 Å². The lowest BCUT2D eigenvalue weighted by Crippen LogP contribution is -2.42. The van der Waals surface area contributed by atoms with E-state index in [1.807, 2.05) is 36.4 Å². The van der Waals surface area contributed by atoms with Crippen LogP contribution < -0.4 is 0 Å². The molecule has 0 saturated carbocycles. The van der Waals surface area contributed by atoms with Gasteiger partial charge in [-0.05, 0) is 51.8 Å². The van der Waals surface area contributed by atoms with Gasteiger partial charge in [0.2, 0.25) is 0 Å². The molecule has 0 aliphatic carbocycles. The van der Waals surface area contributed by atoms with E-state index in [1.165, 1.54) is 0 Å². The molecule has 1 unspecified atom stereocenters. The lowest BCUT2D eigenvalue weighted by molar-refractivity contribution is -0.0228. The Bertz CT molecular complexity index is 718. The van der Waals surface area contributed by atoms with Gasteiger partial charge in [0.05, 0.1) is 18.7 Å². The minimum Gasteiger partial charge on any atom is -0.370 e. The zero-order valence-corrected chi connectivity index (χ0v) is 15.2. The van der Waals surface area contributed by atoms with E-state index in [1.54, 1.807) is 11.0 Å². The highest BCUT2D eigenvalue weighted by Gasteiger charge is 2.27. The van der Waals surface area contributed by atoms with Gasteiger partial charge in [-0.2, -0.15) is 0 Å². The summed E-state index contributed by atoms with van der Waals surface area (Å²) in [6, 6.07) is 12.7. The average Bonchev–Trinajstić information content (AvgIpc) is 2.54. The topological polar surface area (TPSA) is 29.5 Å². The molecule has 3 rings (SSSR count). The zero-order chi connectivity index (χ0) is 16.4. The number of rotatable bonds is 2. The van der Waals surface area contributed by atoms with Crippen molar-refractivity contribution < 1.29 is 9.53 Å². The van der Waals surface area contributed by atoms with Crippen molar-refractivity contribution in [2.45, 2.75) is 6.10 Å². The molecule has 0 aromatic heterocycles. The van der Waals surface area contributed by atoms with Crippen LogP contribution in [0, 0.1) is 0 Å². The van der Waals surface area contributed by atoms with Crippen molar-refractivity contribution in [2.24, 2.45) is 0 Å². The zero-order valence-electron chi connectivity index (χ0n) is 12.1. The van der Waals surface area contributed by atoms with Gasteiger partial charge in [-0.25, -0.2) is 0 Å². The summed E-state index contributed by atoms with van der Waals surface area (Å²) in [6.45, 7) is 1.51. The summed E-state index contributed by atoms with van der Waals surface area (Å²) in [7, 11) is 0. The molecule has 2 aromatic rings. The third kappa shape index (κ3) is 3.89. The lowest BCUT2D eigenvalue weighted by atomic mass is 10.1. The van der Waals surface area contributed by atoms with Crippen molar-refractivity contribution in [2.75, 3.05) is 19.7 Å². The van der Waals surface area contributed by atoms with E-state index in [0.717, 1.165) is 10.0 Å². The van der Waals surface area contributed by atoms with Gasteiger partial charge in [0.15, 0.2) is 0 Å². The van der Waals surface area contributed by atoms with E-state index in [9.17, 15) is 4.79 Å². The third-order valence-electron chi connectivity index (χ3n) is 3.71. The first kappa shape index (κ1) is 16.8. The van der Waals surface area contributed by atoms with Crippen LogP contribution in [0.15, 0.2) is 46.9 Å². The van der Waals surface area contributed by atoms with Crippen LogP contribution in [-0.2, 0) is 4.74 Å². The van der Waals surface area contributed by atoms with Crippen LogP contribution in [0.25, 0.3) is 0 Å². The number of benzene rings is 2. The standard InChI is InChI=1S/C17H14BrCl2NO2/c18-15-4-2-1-3-14(15)17(22)21-5-6-23-16(10-21)11-7-12(19)9-13(20)8-11/h1-4,7-9,16H,5-6,10H2. The van der Waals surface area contributed by atoms with Gasteiger partial charge in [-0.3, -0.25) is 4.79 Å². The Kier molecular flexibility index (Phi) is 5.27. The highest BCUT2D eigenvalue weighted by molar-refractivity contribution is 9.10. The highest BCUT2D eigenvalue weighted by atomic mass is 79.9. The number of hydrogen-bond acceptors (Lipinski definition) is 2. The Morgan fingerprint density at radius 2 is 1.87 bits per heavy atom. The van der Waals surface area contributed by atoms with E-state index < -0.39 is 0 Å². The van der Waals surface area contributed by atoms with Crippen LogP contribution in [0.2, 0.25) is 10.0 Å². The second kappa shape index (κ2) is 7.22. The number of hydrogen-bond donors (Lipinski definition) is 0. The molecule has 0 radical (unpaired) electrons. The Hall–Kier alpha value is -1.07. The van der Waals surface area contributed by atoms with Crippen LogP contribution in [0.4, 0.5) is 0 Å². The minimum absolute atomic E-state index is 0.0149. The Balaban J connectivity index is 1.81. The average molecular weight is 415 g/mol. The third-order valence-corrected chi connectivity index (χ3v) is 4.84. The summed E-state index contributed by atoms with van der Waals surface area (Å²) in [6.07, 6.45) is -0.230. The van der Waals surface area contributed by atoms with Gasteiger partial charge >= 0.3 is 0 Å². The van der Waals surface area contributed by atoms with Crippen LogP contribution in [0.3, 0.4) is 0 Å². The molecule has 120 valence electrons. The normalized spacial score (nSPS) is 18.0. The molecular formula is C17H14BrCl2NO2. The molecule has 3 nitrogen and oxygen atoms in total. The molecule has 0 N–H and O–H groups in total. The first-order chi connectivity index (χ1) is 11.0. The number of carbonyl (C=O) groups is 1. The molecule has 1 aliphatic rings. The molecular weight excluding hydrogens is 401 g/mol. The smallest absolute Gasteiger partial charge is 0.255 e. The number of amides is 1. The van der Waals surface area contributed by atoms with Crippen LogP contribution in [0.1, 0.15) is 22.0 Å². The second-order valence-corrected chi connectivity index (χ2v) is 7.02. The molecule has 1 aliphatic heterocycles. The number of ether oxygens (including phenoxy) is 1. The summed E-state index contributed by atoms with van der Waals surface area (Å²) >= 11 is 15.5. The Morgan fingerprint density at radius 3 is 2.57 bits per heavy atom. The maximum atomic E-state index is 12.7. The predicted octanol–water partition coefficient (Wildman–Crippen LogP) is 4.97. The summed E-state index contributed by atoms with van der Waals surface area (Å²) in [5, 5.41) is 1.12. The molecule has 1 fully saturated rings. The fourth-order valence-electron chi connectivity index (χ4n) is 2.60. The van der Waals surface area contributed by atoms with Gasteiger partial charge in [0, 0.05) is 21.1 Å². The van der Waals surface area contributed by atoms with Gasteiger partial charge in [-0.1, -0.05) is 35.3 Å². The minimum atomic E-state index is -0.230. The first-order valence-corrected chi connectivity index (χ1v) is 8.71. The molecule has 1 saturated heterocycles.